The van der Waals surface area contributed by atoms with Gasteiger partial charge in [-0.2, -0.15) is 5.10 Å². The summed E-state index contributed by atoms with van der Waals surface area (Å²) in [5, 5.41) is 7.57. The van der Waals surface area contributed by atoms with Crippen LogP contribution in [0.3, 0.4) is 0 Å². The third kappa shape index (κ3) is 5.44. The van der Waals surface area contributed by atoms with Crippen LogP contribution in [0, 0.1) is 0 Å². The Morgan fingerprint density at radius 3 is 2.67 bits per heavy atom. The molecule has 1 heterocycles. The lowest BCUT2D eigenvalue weighted by atomic mass is 9.96. The van der Waals surface area contributed by atoms with Crippen LogP contribution in [0.5, 0.6) is 0 Å². The maximum absolute atomic E-state index is 5.96. The average Bonchev–Trinajstić information content (AvgIpc) is 2.86. The molecule has 120 valence electrons. The molecule has 0 saturated heterocycles. The Bertz CT molecular complexity index is 456. The van der Waals surface area contributed by atoms with Crippen molar-refractivity contribution in [3.05, 3.63) is 12.2 Å². The molecule has 0 spiro atoms. The van der Waals surface area contributed by atoms with E-state index >= 15 is 0 Å². The summed E-state index contributed by atoms with van der Waals surface area (Å²) < 4.78 is 1.89. The maximum atomic E-state index is 5.96. The molecule has 1 aliphatic carbocycles. The number of nitrogens with one attached hydrogen (secondary N) is 1. The zero-order chi connectivity index (χ0) is 14.6. The highest BCUT2D eigenvalue weighted by atomic mass is 127. The van der Waals surface area contributed by atoms with Gasteiger partial charge in [-0.15, -0.1) is 24.0 Å². The highest BCUT2D eigenvalue weighted by Gasteiger charge is 2.18. The molecule has 1 aromatic heterocycles. The van der Waals surface area contributed by atoms with Crippen LogP contribution in [0.1, 0.15) is 58.7 Å². The molecule has 0 amide bonds. The molecule has 0 radical (unpaired) electrons. The standard InChI is InChI=1S/C14H26N6.HI/c1-14(2,3)20-12(17-10-18-20)9-16-13(15)19-11-7-5-4-6-8-11;/h10-11H,4-9H2,1-3H3,(H3,15,16,19);1H. The molecule has 0 aromatic carbocycles. The highest BCUT2D eigenvalue weighted by molar-refractivity contribution is 14.0. The molecule has 1 aliphatic rings. The van der Waals surface area contributed by atoms with E-state index in [0.29, 0.717) is 18.5 Å². The Labute approximate surface area is 144 Å². The third-order valence-corrected chi connectivity index (χ3v) is 3.60. The molecule has 0 atom stereocenters. The number of nitrogens with two attached hydrogens (primary N) is 1. The van der Waals surface area contributed by atoms with E-state index in [-0.39, 0.29) is 29.5 Å². The first-order valence-electron chi connectivity index (χ1n) is 7.42. The fourth-order valence-electron chi connectivity index (χ4n) is 2.59. The van der Waals surface area contributed by atoms with Gasteiger partial charge in [-0.1, -0.05) is 19.3 Å². The number of aromatic nitrogens is 3. The first-order valence-corrected chi connectivity index (χ1v) is 7.42. The second-order valence-electron chi connectivity index (χ2n) is 6.44. The van der Waals surface area contributed by atoms with Crippen molar-refractivity contribution in [2.75, 3.05) is 0 Å². The Morgan fingerprint density at radius 2 is 2.05 bits per heavy atom. The molecule has 6 nitrogen and oxygen atoms in total. The lowest BCUT2D eigenvalue weighted by Crippen LogP contribution is -2.41. The van der Waals surface area contributed by atoms with Crippen molar-refractivity contribution in [2.45, 2.75) is 71.0 Å². The van der Waals surface area contributed by atoms with E-state index < -0.39 is 0 Å². The number of rotatable bonds is 3. The lowest BCUT2D eigenvalue weighted by molar-refractivity contribution is 0.341. The molecule has 3 N–H and O–H groups in total. The zero-order valence-electron chi connectivity index (χ0n) is 13.2. The predicted octanol–water partition coefficient (Wildman–Crippen LogP) is 2.39. The summed E-state index contributed by atoms with van der Waals surface area (Å²) in [6.07, 6.45) is 7.85. The van der Waals surface area contributed by atoms with Gasteiger partial charge in [0.15, 0.2) is 5.96 Å². The highest BCUT2D eigenvalue weighted by Crippen LogP contribution is 2.17. The molecule has 1 aromatic rings. The van der Waals surface area contributed by atoms with E-state index in [1.807, 2.05) is 4.68 Å². The number of hydrogen-bond donors (Lipinski definition) is 2. The van der Waals surface area contributed by atoms with Crippen molar-refractivity contribution in [3.63, 3.8) is 0 Å². The smallest absolute Gasteiger partial charge is 0.189 e. The van der Waals surface area contributed by atoms with Crippen molar-refractivity contribution in [1.82, 2.24) is 20.1 Å². The monoisotopic (exact) mass is 406 g/mol. The van der Waals surface area contributed by atoms with Gasteiger partial charge >= 0.3 is 0 Å². The van der Waals surface area contributed by atoms with Crippen LogP contribution < -0.4 is 11.1 Å². The van der Waals surface area contributed by atoms with Gasteiger partial charge in [-0.05, 0) is 33.6 Å². The quantitative estimate of drug-likeness (QED) is 0.459. The lowest BCUT2D eigenvalue weighted by Gasteiger charge is -2.23. The van der Waals surface area contributed by atoms with Gasteiger partial charge in [0, 0.05) is 6.04 Å². The van der Waals surface area contributed by atoms with Crippen LogP contribution in [0.2, 0.25) is 0 Å². The number of halogens is 1. The van der Waals surface area contributed by atoms with E-state index in [1.165, 1.54) is 32.1 Å². The maximum Gasteiger partial charge on any atom is 0.189 e. The molecule has 0 unspecified atom stereocenters. The van der Waals surface area contributed by atoms with Crippen LogP contribution in [0.15, 0.2) is 11.3 Å². The van der Waals surface area contributed by atoms with Crippen LogP contribution >= 0.6 is 24.0 Å². The summed E-state index contributed by atoms with van der Waals surface area (Å²) in [6, 6.07) is 0.480. The molecular formula is C14H27IN6. The number of guanidine groups is 1. The van der Waals surface area contributed by atoms with Crippen LogP contribution in [-0.2, 0) is 12.1 Å². The number of aliphatic imine (C=N–C) groups is 1. The van der Waals surface area contributed by atoms with Gasteiger partial charge < -0.3 is 11.1 Å². The first-order chi connectivity index (χ1) is 9.47. The topological polar surface area (TPSA) is 81.1 Å². The van der Waals surface area contributed by atoms with Crippen molar-refractivity contribution < 1.29 is 0 Å². The second kappa shape index (κ2) is 7.95. The van der Waals surface area contributed by atoms with Gasteiger partial charge in [0.25, 0.3) is 0 Å². The molecular weight excluding hydrogens is 379 g/mol. The second-order valence-corrected chi connectivity index (χ2v) is 6.44. The van der Waals surface area contributed by atoms with E-state index in [0.717, 1.165) is 5.82 Å². The van der Waals surface area contributed by atoms with E-state index in [2.05, 4.69) is 41.2 Å². The summed E-state index contributed by atoms with van der Waals surface area (Å²) in [7, 11) is 0. The zero-order valence-corrected chi connectivity index (χ0v) is 15.5. The molecule has 2 rings (SSSR count). The Morgan fingerprint density at radius 1 is 1.38 bits per heavy atom. The summed E-state index contributed by atoms with van der Waals surface area (Å²) >= 11 is 0. The summed E-state index contributed by atoms with van der Waals surface area (Å²) in [5.74, 6) is 1.35. The third-order valence-electron chi connectivity index (χ3n) is 3.60. The minimum atomic E-state index is -0.0904. The Kier molecular flexibility index (Phi) is 6.89. The van der Waals surface area contributed by atoms with Crippen LogP contribution in [0.25, 0.3) is 0 Å². The van der Waals surface area contributed by atoms with Crippen LogP contribution in [-0.4, -0.2) is 26.8 Å². The SMILES string of the molecule is CC(C)(C)n1ncnc1CN=C(N)NC1CCCCC1.I. The number of nitrogens with zero attached hydrogens (tertiary/aromatic N) is 4. The van der Waals surface area contributed by atoms with Gasteiger partial charge in [0.1, 0.15) is 18.7 Å². The van der Waals surface area contributed by atoms with Crippen molar-refractivity contribution in [1.29, 1.82) is 0 Å². The minimum Gasteiger partial charge on any atom is -0.370 e. The van der Waals surface area contributed by atoms with E-state index in [1.54, 1.807) is 6.33 Å². The largest absolute Gasteiger partial charge is 0.370 e. The molecule has 1 fully saturated rings. The van der Waals surface area contributed by atoms with Gasteiger partial charge in [0.05, 0.1) is 5.54 Å². The first kappa shape index (κ1) is 18.2. The average molecular weight is 406 g/mol. The molecule has 7 heteroatoms. The molecule has 1 saturated carbocycles. The Balaban J connectivity index is 0.00000220. The summed E-state index contributed by atoms with van der Waals surface area (Å²) in [5.41, 5.74) is 5.87. The fraction of sp³-hybridized carbons (Fsp3) is 0.786. The van der Waals surface area contributed by atoms with E-state index in [4.69, 9.17) is 5.73 Å². The van der Waals surface area contributed by atoms with Crippen LogP contribution in [0.4, 0.5) is 0 Å². The van der Waals surface area contributed by atoms with Crippen molar-refractivity contribution in [3.8, 4) is 0 Å². The van der Waals surface area contributed by atoms with Gasteiger partial charge in [-0.25, -0.2) is 14.7 Å². The predicted molar refractivity (Wildman–Crippen MR) is 95.8 cm³/mol. The van der Waals surface area contributed by atoms with Gasteiger partial charge in [-0.3, -0.25) is 0 Å². The molecule has 21 heavy (non-hydrogen) atoms. The van der Waals surface area contributed by atoms with Gasteiger partial charge in [0.2, 0.25) is 0 Å². The normalized spacial score (nSPS) is 17.4. The van der Waals surface area contributed by atoms with E-state index in [9.17, 15) is 0 Å². The summed E-state index contributed by atoms with van der Waals surface area (Å²) in [4.78, 5) is 8.66. The fourth-order valence-corrected chi connectivity index (χ4v) is 2.59. The van der Waals surface area contributed by atoms with Crippen molar-refractivity contribution in [2.24, 2.45) is 10.7 Å². The molecule has 0 aliphatic heterocycles. The number of hydrogen-bond acceptors (Lipinski definition) is 3. The molecule has 0 bridgehead atoms. The van der Waals surface area contributed by atoms with Crippen molar-refractivity contribution >= 4 is 29.9 Å². The minimum absolute atomic E-state index is 0. The Hall–Kier alpha value is -0.860. The summed E-state index contributed by atoms with van der Waals surface area (Å²) in [6.45, 7) is 6.75.